The van der Waals surface area contributed by atoms with E-state index in [-0.39, 0.29) is 18.8 Å². The molecule has 0 spiro atoms. The number of allylic oxidation sites excluding steroid dienone is 1. The van der Waals surface area contributed by atoms with Gasteiger partial charge in [-0.15, -0.1) is 6.58 Å². The summed E-state index contributed by atoms with van der Waals surface area (Å²) in [5.74, 6) is 2.00. The maximum atomic E-state index is 13.4. The third-order valence-corrected chi connectivity index (χ3v) is 9.32. The molecular formula is C33H39FN8O2. The lowest BCUT2D eigenvalue weighted by Crippen LogP contribution is -2.53. The van der Waals surface area contributed by atoms with Gasteiger partial charge >= 0.3 is 0 Å². The van der Waals surface area contributed by atoms with Crippen LogP contribution in [0.15, 0.2) is 60.0 Å². The zero-order valence-electron chi connectivity index (χ0n) is 25.1. The predicted molar refractivity (Wildman–Crippen MR) is 170 cm³/mol. The second-order valence-corrected chi connectivity index (χ2v) is 12.7. The van der Waals surface area contributed by atoms with Crippen molar-refractivity contribution < 1.29 is 9.50 Å². The highest BCUT2D eigenvalue weighted by atomic mass is 19.1. The molecule has 10 nitrogen and oxygen atoms in total. The maximum absolute atomic E-state index is 13.4. The lowest BCUT2D eigenvalue weighted by molar-refractivity contribution is 0.0339. The summed E-state index contributed by atoms with van der Waals surface area (Å²) in [6, 6.07) is 12.1. The summed E-state index contributed by atoms with van der Waals surface area (Å²) >= 11 is 0. The third-order valence-electron chi connectivity index (χ3n) is 9.32. The number of pyridine rings is 1. The van der Waals surface area contributed by atoms with Crippen molar-refractivity contribution >= 4 is 28.4 Å². The van der Waals surface area contributed by atoms with Gasteiger partial charge in [0.25, 0.3) is 5.56 Å². The number of hydrogen-bond acceptors (Lipinski definition) is 8. The number of nitrogens with one attached hydrogen (secondary N) is 1. The topological polar surface area (TPSA) is 104 Å². The molecule has 5 heterocycles. The Hall–Kier alpha value is -4.09. The first-order valence-corrected chi connectivity index (χ1v) is 15.6. The van der Waals surface area contributed by atoms with Crippen molar-refractivity contribution in [2.45, 2.75) is 44.8 Å². The van der Waals surface area contributed by atoms with Crippen molar-refractivity contribution in [1.82, 2.24) is 29.2 Å². The van der Waals surface area contributed by atoms with Crippen molar-refractivity contribution in [1.29, 1.82) is 0 Å². The fourth-order valence-corrected chi connectivity index (χ4v) is 7.40. The van der Waals surface area contributed by atoms with Crippen molar-refractivity contribution in [3.05, 3.63) is 76.9 Å². The quantitative estimate of drug-likeness (QED) is 0.291. The van der Waals surface area contributed by atoms with E-state index in [4.69, 9.17) is 9.97 Å². The number of halogens is 1. The summed E-state index contributed by atoms with van der Waals surface area (Å²) in [6.45, 7) is 10.1. The van der Waals surface area contributed by atoms with Gasteiger partial charge in [0.05, 0.1) is 12.2 Å². The van der Waals surface area contributed by atoms with Crippen LogP contribution in [0.25, 0.3) is 16.9 Å². The van der Waals surface area contributed by atoms with Gasteiger partial charge in [-0.1, -0.05) is 12.1 Å². The molecule has 11 heteroatoms. The third kappa shape index (κ3) is 5.28. The Labute approximate surface area is 255 Å². The lowest BCUT2D eigenvalue weighted by Gasteiger charge is -2.46. The van der Waals surface area contributed by atoms with E-state index in [0.29, 0.717) is 53.3 Å². The number of alkyl halides is 1. The highest BCUT2D eigenvalue weighted by Crippen LogP contribution is 2.35. The standard InChI is InChI=1S/C33H39FN8O2/c1-3-14-41-31(43)27-17-35-32(38-30(27)42(41)28-11-6-24-5-4-12-33(2,44)29(24)37-28)36-25-7-9-26(10-8-25)40-20-22-16-23(21-40)19-39(18-22)15-13-34/h3,6-11,17,22-23,44H,1,4-5,12-16,18-21H2,2H3,(H,35,36,38)/t22?,23?,33-/m0/s1. The molecular weight excluding hydrogens is 559 g/mol. The number of hydrogen-bond donors (Lipinski definition) is 2. The Morgan fingerprint density at radius 1 is 1.11 bits per heavy atom. The fraction of sp³-hybridized carbons (Fsp3) is 0.455. The number of fused-ring (bicyclic) bond motifs is 4. The molecule has 230 valence electrons. The first-order chi connectivity index (χ1) is 21.3. The second kappa shape index (κ2) is 11.4. The van der Waals surface area contributed by atoms with Crippen LogP contribution in [0.3, 0.4) is 0 Å². The summed E-state index contributed by atoms with van der Waals surface area (Å²) in [5.41, 5.74) is 2.82. The predicted octanol–water partition coefficient (Wildman–Crippen LogP) is 4.18. The minimum Gasteiger partial charge on any atom is -0.384 e. The van der Waals surface area contributed by atoms with E-state index in [9.17, 15) is 14.3 Å². The van der Waals surface area contributed by atoms with Crippen LogP contribution >= 0.6 is 0 Å². The number of aryl methyl sites for hydroxylation is 1. The van der Waals surface area contributed by atoms with Crippen LogP contribution in [0.4, 0.5) is 21.7 Å². The van der Waals surface area contributed by atoms with E-state index in [1.165, 1.54) is 12.1 Å². The average Bonchev–Trinajstić information content (AvgIpc) is 3.27. The Morgan fingerprint density at radius 2 is 1.89 bits per heavy atom. The van der Waals surface area contributed by atoms with E-state index in [1.54, 1.807) is 28.6 Å². The highest BCUT2D eigenvalue weighted by Gasteiger charge is 2.34. The molecule has 3 aromatic heterocycles. The molecule has 4 aromatic rings. The van der Waals surface area contributed by atoms with E-state index >= 15 is 0 Å². The molecule has 1 aliphatic carbocycles. The second-order valence-electron chi connectivity index (χ2n) is 12.7. The average molecular weight is 599 g/mol. The minimum absolute atomic E-state index is 0.235. The van der Waals surface area contributed by atoms with Gasteiger partial charge in [0.1, 0.15) is 17.7 Å². The molecule has 2 fully saturated rings. The molecule has 0 radical (unpaired) electrons. The number of rotatable bonds is 8. The van der Waals surface area contributed by atoms with Gasteiger partial charge in [-0.2, -0.15) is 4.98 Å². The first kappa shape index (κ1) is 28.7. The summed E-state index contributed by atoms with van der Waals surface area (Å²) in [4.78, 5) is 32.2. The summed E-state index contributed by atoms with van der Waals surface area (Å²) in [5, 5.41) is 14.7. The summed E-state index contributed by atoms with van der Waals surface area (Å²) in [6.07, 6.45) is 6.82. The number of benzene rings is 1. The van der Waals surface area contributed by atoms with Crippen molar-refractivity contribution in [2.75, 3.05) is 49.6 Å². The molecule has 2 aliphatic heterocycles. The van der Waals surface area contributed by atoms with Gasteiger partial charge in [-0.05, 0) is 80.3 Å². The van der Waals surface area contributed by atoms with Crippen LogP contribution < -0.4 is 15.8 Å². The zero-order valence-corrected chi connectivity index (χ0v) is 25.1. The number of piperidine rings is 2. The van der Waals surface area contributed by atoms with Crippen LogP contribution in [-0.4, -0.2) is 73.7 Å². The van der Waals surface area contributed by atoms with Crippen LogP contribution in [0.1, 0.15) is 37.4 Å². The number of aromatic nitrogens is 5. The maximum Gasteiger partial charge on any atom is 0.278 e. The SMILES string of the molecule is C=CCn1c(=O)c2cnc(Nc3ccc(N4CC5CC(CN(CCF)C5)C4)cc3)nc2n1-c1ccc2c(n1)[C@@](C)(O)CCC2. The van der Waals surface area contributed by atoms with Crippen molar-refractivity contribution in [3.63, 3.8) is 0 Å². The molecule has 2 saturated heterocycles. The Morgan fingerprint density at radius 3 is 2.61 bits per heavy atom. The Kier molecular flexibility index (Phi) is 7.45. The van der Waals surface area contributed by atoms with E-state index in [0.717, 1.165) is 50.3 Å². The van der Waals surface area contributed by atoms with Crippen molar-refractivity contribution in [2.24, 2.45) is 11.8 Å². The van der Waals surface area contributed by atoms with Crippen molar-refractivity contribution in [3.8, 4) is 5.82 Å². The molecule has 2 unspecified atom stereocenters. The number of anilines is 3. The van der Waals surface area contributed by atoms with Gasteiger partial charge in [-0.25, -0.2) is 23.7 Å². The van der Waals surface area contributed by atoms with Crippen LogP contribution in [0, 0.1) is 11.8 Å². The van der Waals surface area contributed by atoms with E-state index < -0.39 is 5.60 Å². The highest BCUT2D eigenvalue weighted by molar-refractivity contribution is 5.77. The van der Waals surface area contributed by atoms with Gasteiger partial charge < -0.3 is 20.2 Å². The molecule has 2 bridgehead atoms. The zero-order chi connectivity index (χ0) is 30.4. The molecule has 3 aliphatic rings. The molecule has 7 rings (SSSR count). The van der Waals surface area contributed by atoms with Crippen LogP contribution in [0.2, 0.25) is 0 Å². The number of nitrogens with zero attached hydrogens (tertiary/aromatic N) is 7. The van der Waals surface area contributed by atoms with E-state index in [1.807, 2.05) is 24.3 Å². The number of likely N-dealkylation sites (tertiary alicyclic amines) is 1. The Balaban J connectivity index is 1.16. The molecule has 3 atom stereocenters. The summed E-state index contributed by atoms with van der Waals surface area (Å²) in [7, 11) is 0. The first-order valence-electron chi connectivity index (χ1n) is 15.6. The van der Waals surface area contributed by atoms with Crippen LogP contribution in [0.5, 0.6) is 0 Å². The van der Waals surface area contributed by atoms with E-state index in [2.05, 4.69) is 38.8 Å². The normalized spacial score (nSPS) is 23.5. The molecule has 44 heavy (non-hydrogen) atoms. The largest absolute Gasteiger partial charge is 0.384 e. The van der Waals surface area contributed by atoms with Gasteiger partial charge in [0.2, 0.25) is 5.95 Å². The molecule has 2 N–H and O–H groups in total. The monoisotopic (exact) mass is 598 g/mol. The van der Waals surface area contributed by atoms with Crippen LogP contribution in [-0.2, 0) is 18.6 Å². The lowest BCUT2D eigenvalue weighted by atomic mass is 9.84. The Bertz CT molecular complexity index is 1730. The van der Waals surface area contributed by atoms with Gasteiger partial charge in [-0.3, -0.25) is 4.79 Å². The number of aliphatic hydroxyl groups is 1. The van der Waals surface area contributed by atoms with Gasteiger partial charge in [0, 0.05) is 50.3 Å². The smallest absolute Gasteiger partial charge is 0.278 e. The fourth-order valence-electron chi connectivity index (χ4n) is 7.40. The molecule has 0 amide bonds. The summed E-state index contributed by atoms with van der Waals surface area (Å²) < 4.78 is 16.1. The minimum atomic E-state index is -1.04. The van der Waals surface area contributed by atoms with Gasteiger partial charge in [0.15, 0.2) is 11.5 Å². The molecule has 1 aromatic carbocycles. The molecule has 0 saturated carbocycles.